The van der Waals surface area contributed by atoms with Crippen LogP contribution in [0, 0.1) is 0 Å². The van der Waals surface area contributed by atoms with Gasteiger partial charge in [0.15, 0.2) is 11.0 Å². The van der Waals surface area contributed by atoms with Gasteiger partial charge in [0.2, 0.25) is 5.76 Å². The van der Waals surface area contributed by atoms with Crippen molar-refractivity contribution in [2.45, 2.75) is 25.3 Å². The molecule has 2 amide bonds. The Morgan fingerprint density at radius 1 is 1.16 bits per heavy atom. The Bertz CT molecular complexity index is 1360. The molecule has 2 aliphatic heterocycles. The fraction of sp³-hybridized carbons (Fsp3) is 0.240. The zero-order valence-corrected chi connectivity index (χ0v) is 18.3. The van der Waals surface area contributed by atoms with Gasteiger partial charge in [-0.15, -0.1) is 6.58 Å². The van der Waals surface area contributed by atoms with E-state index in [0.29, 0.717) is 29.2 Å². The van der Waals surface area contributed by atoms with Crippen LogP contribution in [0.2, 0.25) is 5.02 Å². The van der Waals surface area contributed by atoms with E-state index < -0.39 is 16.9 Å². The van der Waals surface area contributed by atoms with Crippen molar-refractivity contribution in [3.8, 4) is 0 Å². The molecule has 32 heavy (non-hydrogen) atoms. The van der Waals surface area contributed by atoms with Gasteiger partial charge in [0.25, 0.3) is 11.8 Å². The summed E-state index contributed by atoms with van der Waals surface area (Å²) >= 11 is 6.15. The zero-order valence-electron chi connectivity index (χ0n) is 17.6. The molecular weight excluding hydrogens is 428 g/mol. The van der Waals surface area contributed by atoms with Crippen LogP contribution in [0.1, 0.15) is 41.4 Å². The molecule has 3 aromatic rings. The highest BCUT2D eigenvalue weighted by molar-refractivity contribution is 6.31. The Morgan fingerprint density at radius 3 is 2.69 bits per heavy atom. The first-order valence-corrected chi connectivity index (χ1v) is 11.0. The number of hydrogen-bond donors (Lipinski definition) is 0. The van der Waals surface area contributed by atoms with E-state index in [4.69, 9.17) is 16.0 Å². The van der Waals surface area contributed by atoms with Crippen LogP contribution in [-0.4, -0.2) is 29.8 Å². The second kappa shape index (κ2) is 7.35. The molecule has 0 radical (unpaired) electrons. The number of unbranched alkanes of at least 4 members (excludes halogenated alkanes) is 1. The van der Waals surface area contributed by atoms with Crippen LogP contribution < -0.4 is 10.3 Å². The highest BCUT2D eigenvalue weighted by Gasteiger charge is 2.64. The van der Waals surface area contributed by atoms with Gasteiger partial charge >= 0.3 is 0 Å². The number of carbonyl (C=O) groups is 2. The average molecular weight is 449 g/mol. The van der Waals surface area contributed by atoms with E-state index >= 15 is 0 Å². The van der Waals surface area contributed by atoms with E-state index in [1.807, 2.05) is 25.1 Å². The summed E-state index contributed by atoms with van der Waals surface area (Å²) in [4.78, 5) is 44.6. The van der Waals surface area contributed by atoms with E-state index in [-0.39, 0.29) is 34.7 Å². The third-order valence-electron chi connectivity index (χ3n) is 6.24. The van der Waals surface area contributed by atoms with Gasteiger partial charge in [-0.25, -0.2) is 0 Å². The molecular formula is C25H21ClN2O4. The monoisotopic (exact) mass is 448 g/mol. The summed E-state index contributed by atoms with van der Waals surface area (Å²) in [5.41, 5.74) is -0.398. The van der Waals surface area contributed by atoms with Gasteiger partial charge in [0.05, 0.1) is 16.6 Å². The van der Waals surface area contributed by atoms with Crippen molar-refractivity contribution in [2.24, 2.45) is 0 Å². The SMILES string of the molecule is C=CCN1C(=O)[C@@]2(c3ccccc31)c1c(oc3ccc(Cl)cc3c1=O)C(=O)N2CCCC. The van der Waals surface area contributed by atoms with Crippen LogP contribution in [0.25, 0.3) is 11.0 Å². The molecule has 0 unspecified atom stereocenters. The van der Waals surface area contributed by atoms with Crippen LogP contribution in [0.5, 0.6) is 0 Å². The first kappa shape index (κ1) is 20.5. The van der Waals surface area contributed by atoms with E-state index in [2.05, 4.69) is 6.58 Å². The molecule has 2 aliphatic rings. The summed E-state index contributed by atoms with van der Waals surface area (Å²) in [6.45, 7) is 6.36. The molecule has 0 saturated carbocycles. The van der Waals surface area contributed by atoms with E-state index in [0.717, 1.165) is 6.42 Å². The molecule has 6 nitrogen and oxygen atoms in total. The Kier molecular flexibility index (Phi) is 4.71. The minimum atomic E-state index is -1.57. The molecule has 0 aliphatic carbocycles. The van der Waals surface area contributed by atoms with Crippen molar-refractivity contribution < 1.29 is 14.0 Å². The molecule has 3 heterocycles. The Labute approximate surface area is 189 Å². The number of carbonyl (C=O) groups excluding carboxylic acids is 2. The standard InChI is InChI=1S/C25H21ClN2O4/c1-3-5-13-28-23(30)22-20(21(29)16-14-15(26)10-11-19(16)32-22)25(28)17-8-6-7-9-18(17)27(12-4-2)24(25)31/h4,6-11,14H,2-3,5,12-13H2,1H3/t25-/m1/s1. The molecule has 7 heteroatoms. The number of amides is 2. The quantitative estimate of drug-likeness (QED) is 0.539. The molecule has 0 saturated heterocycles. The topological polar surface area (TPSA) is 70.8 Å². The number of nitrogens with zero attached hydrogens (tertiary/aromatic N) is 2. The highest BCUT2D eigenvalue weighted by atomic mass is 35.5. The van der Waals surface area contributed by atoms with Gasteiger partial charge in [-0.1, -0.05) is 49.2 Å². The summed E-state index contributed by atoms with van der Waals surface area (Å²) in [5, 5.41) is 0.616. The lowest BCUT2D eigenvalue weighted by atomic mass is 9.84. The Hall–Kier alpha value is -3.38. The second-order valence-electron chi connectivity index (χ2n) is 8.02. The number of rotatable bonds is 5. The first-order chi connectivity index (χ1) is 15.5. The lowest BCUT2D eigenvalue weighted by molar-refractivity contribution is -0.126. The van der Waals surface area contributed by atoms with Crippen molar-refractivity contribution in [1.82, 2.24) is 4.90 Å². The molecule has 0 fully saturated rings. The van der Waals surface area contributed by atoms with Crippen molar-refractivity contribution in [1.29, 1.82) is 0 Å². The van der Waals surface area contributed by atoms with Gasteiger partial charge < -0.3 is 14.2 Å². The number of halogens is 1. The van der Waals surface area contributed by atoms with Crippen LogP contribution >= 0.6 is 11.6 Å². The van der Waals surface area contributed by atoms with E-state index in [1.165, 1.54) is 11.0 Å². The summed E-state index contributed by atoms with van der Waals surface area (Å²) < 4.78 is 5.97. The number of fused-ring (bicyclic) bond motifs is 5. The molecule has 1 atom stereocenters. The molecule has 1 spiro atoms. The number of para-hydroxylation sites is 1. The van der Waals surface area contributed by atoms with Crippen LogP contribution in [0.15, 0.2) is 64.3 Å². The number of anilines is 1. The lowest BCUT2D eigenvalue weighted by Gasteiger charge is -2.34. The molecule has 162 valence electrons. The fourth-order valence-electron chi connectivity index (χ4n) is 4.89. The Morgan fingerprint density at radius 2 is 1.94 bits per heavy atom. The summed E-state index contributed by atoms with van der Waals surface area (Å²) in [5.74, 6) is -0.883. The molecule has 5 rings (SSSR count). The van der Waals surface area contributed by atoms with Crippen molar-refractivity contribution >= 4 is 40.1 Å². The normalized spacial score (nSPS) is 19.2. The summed E-state index contributed by atoms with van der Waals surface area (Å²) in [7, 11) is 0. The fourth-order valence-corrected chi connectivity index (χ4v) is 5.06. The van der Waals surface area contributed by atoms with Crippen LogP contribution in [0.3, 0.4) is 0 Å². The first-order valence-electron chi connectivity index (χ1n) is 10.6. The summed E-state index contributed by atoms with van der Waals surface area (Å²) in [6, 6.07) is 12.0. The maximum Gasteiger partial charge on any atom is 0.291 e. The zero-order chi connectivity index (χ0) is 22.6. The molecule has 0 bridgehead atoms. The van der Waals surface area contributed by atoms with E-state index in [1.54, 1.807) is 29.2 Å². The minimum absolute atomic E-state index is 0.0670. The van der Waals surface area contributed by atoms with Crippen LogP contribution in [-0.2, 0) is 10.3 Å². The Balaban J connectivity index is 1.91. The van der Waals surface area contributed by atoms with Crippen molar-refractivity contribution in [3.63, 3.8) is 0 Å². The maximum atomic E-state index is 14.1. The number of benzene rings is 2. The van der Waals surface area contributed by atoms with E-state index in [9.17, 15) is 14.4 Å². The van der Waals surface area contributed by atoms with Crippen molar-refractivity contribution in [3.05, 3.63) is 87.3 Å². The minimum Gasteiger partial charge on any atom is -0.450 e. The number of hydrogen-bond acceptors (Lipinski definition) is 4. The third kappa shape index (κ3) is 2.50. The van der Waals surface area contributed by atoms with Gasteiger partial charge in [-0.2, -0.15) is 0 Å². The third-order valence-corrected chi connectivity index (χ3v) is 6.48. The van der Waals surface area contributed by atoms with Crippen LogP contribution in [0.4, 0.5) is 5.69 Å². The maximum absolute atomic E-state index is 14.1. The predicted molar refractivity (Wildman–Crippen MR) is 123 cm³/mol. The van der Waals surface area contributed by atoms with Gasteiger partial charge in [-0.05, 0) is 30.7 Å². The predicted octanol–water partition coefficient (Wildman–Crippen LogP) is 4.48. The van der Waals surface area contributed by atoms with Gasteiger partial charge in [0.1, 0.15) is 5.58 Å². The second-order valence-corrected chi connectivity index (χ2v) is 8.45. The molecule has 1 aromatic heterocycles. The van der Waals surface area contributed by atoms with Crippen molar-refractivity contribution in [2.75, 3.05) is 18.0 Å². The molecule has 0 N–H and O–H groups in total. The molecule has 2 aromatic carbocycles. The van der Waals surface area contributed by atoms with Gasteiger partial charge in [0, 0.05) is 23.7 Å². The highest BCUT2D eigenvalue weighted by Crippen LogP contribution is 2.52. The summed E-state index contributed by atoms with van der Waals surface area (Å²) in [6.07, 6.45) is 3.13. The van der Waals surface area contributed by atoms with Gasteiger partial charge in [-0.3, -0.25) is 14.4 Å². The smallest absolute Gasteiger partial charge is 0.291 e. The average Bonchev–Trinajstić information content (AvgIpc) is 3.18. The lowest BCUT2D eigenvalue weighted by Crippen LogP contribution is -2.53. The largest absolute Gasteiger partial charge is 0.450 e.